The molecule has 3 rings (SSSR count). The number of para-hydroxylation sites is 1. The average Bonchev–Trinajstić information content (AvgIpc) is 2.94. The second-order valence-corrected chi connectivity index (χ2v) is 7.27. The molecular weight excluding hydrogens is 433 g/mol. The summed E-state index contributed by atoms with van der Waals surface area (Å²) in [6, 6.07) is 6.62. The number of aliphatic hydroxyl groups is 4. The van der Waals surface area contributed by atoms with Gasteiger partial charge in [0.25, 0.3) is 5.25 Å². The Morgan fingerprint density at radius 3 is 2.48 bits per heavy atom. The van der Waals surface area contributed by atoms with E-state index < -0.39 is 33.5 Å². The molecule has 0 aliphatic carbocycles. The molecular formula is C14H14BrClNNaO7. The van der Waals surface area contributed by atoms with Gasteiger partial charge < -0.3 is 35.3 Å². The van der Waals surface area contributed by atoms with Crippen LogP contribution in [0.1, 0.15) is 5.56 Å². The van der Waals surface area contributed by atoms with Crippen molar-refractivity contribution in [3.05, 3.63) is 36.0 Å². The van der Waals surface area contributed by atoms with Crippen molar-refractivity contribution >= 4 is 74.0 Å². The zero-order valence-corrected chi connectivity index (χ0v) is 14.2. The van der Waals surface area contributed by atoms with Crippen molar-refractivity contribution in [1.82, 2.24) is 4.98 Å². The van der Waals surface area contributed by atoms with Gasteiger partial charge in [0.05, 0.1) is 0 Å². The first-order chi connectivity index (χ1) is 11.0. The zero-order chi connectivity index (χ0) is 17.9. The third kappa shape index (κ3) is 2.96. The fourth-order valence-corrected chi connectivity index (χ4v) is 3.50. The Kier molecular flexibility index (Phi) is 5.70. The number of fused-ring (bicyclic) bond motifs is 1. The monoisotopic (exact) mass is 445 g/mol. The summed E-state index contributed by atoms with van der Waals surface area (Å²) in [5, 5.41) is 48.6. The number of carboxylic acids is 1. The predicted octanol–water partition coefficient (Wildman–Crippen LogP) is -0.480. The number of ether oxygens (including phenoxy) is 1. The van der Waals surface area contributed by atoms with Crippen LogP contribution in [0.25, 0.3) is 10.9 Å². The number of carboxylic acid groups (broad SMARTS) is 1. The third-order valence-corrected chi connectivity index (χ3v) is 5.71. The van der Waals surface area contributed by atoms with Gasteiger partial charge in [-0.1, -0.05) is 29.8 Å². The average molecular weight is 447 g/mol. The summed E-state index contributed by atoms with van der Waals surface area (Å²) in [5.74, 6) is -1.69. The topological polar surface area (TPSA) is 143 Å². The maximum atomic E-state index is 11.6. The number of halogens is 2. The summed E-state index contributed by atoms with van der Waals surface area (Å²) >= 11 is 8.22. The summed E-state index contributed by atoms with van der Waals surface area (Å²) in [7, 11) is 0. The number of nitrogens with one attached hydrogen (secondary N) is 1. The standard InChI is InChI=1S/C14H13BrClNO7.Na.H/c15-13(22)11(20)12(21,9(10(18)19)24-14(13,16)23)7-5-17-8-4-2-1-3-6(7)8;;/h1-5,9,11,17,20-23H,(H,18,19);;/t9-,11+,12-,13-,14+;;/m1../s1. The van der Waals surface area contributed by atoms with E-state index >= 15 is 0 Å². The Hall–Kier alpha value is -0.200. The second-order valence-electron chi connectivity index (χ2n) is 5.55. The summed E-state index contributed by atoms with van der Waals surface area (Å²) in [5.41, 5.74) is -2.10. The van der Waals surface area contributed by atoms with Gasteiger partial charge in [0.1, 0.15) is 6.10 Å². The normalized spacial score (nSPS) is 38.3. The van der Waals surface area contributed by atoms with Crippen LogP contribution in [0, 0.1) is 0 Å². The summed E-state index contributed by atoms with van der Waals surface area (Å²) in [4.78, 5) is 14.4. The molecule has 1 aromatic heterocycles. The molecule has 132 valence electrons. The van der Waals surface area contributed by atoms with Crippen LogP contribution in [-0.4, -0.2) is 88.0 Å². The molecule has 1 fully saturated rings. The first kappa shape index (κ1) is 21.1. The molecule has 1 aromatic carbocycles. The van der Waals surface area contributed by atoms with Crippen molar-refractivity contribution in [3.8, 4) is 0 Å². The minimum absolute atomic E-state index is 0. The summed E-state index contributed by atoms with van der Waals surface area (Å²) in [6.45, 7) is 0. The molecule has 0 bridgehead atoms. The van der Waals surface area contributed by atoms with Crippen molar-refractivity contribution in [1.29, 1.82) is 0 Å². The maximum absolute atomic E-state index is 11.6. The number of aliphatic hydroxyl groups excluding tert-OH is 1. The number of H-pyrrole nitrogens is 1. The summed E-state index contributed by atoms with van der Waals surface area (Å²) in [6.07, 6.45) is -3.12. The van der Waals surface area contributed by atoms with Crippen LogP contribution >= 0.6 is 27.5 Å². The van der Waals surface area contributed by atoms with E-state index in [1.807, 2.05) is 0 Å². The first-order valence-corrected chi connectivity index (χ1v) is 7.90. The number of hydrogen-bond donors (Lipinski definition) is 6. The van der Waals surface area contributed by atoms with Crippen LogP contribution in [-0.2, 0) is 15.1 Å². The van der Waals surface area contributed by atoms with Crippen LogP contribution in [0.4, 0.5) is 0 Å². The molecule has 25 heavy (non-hydrogen) atoms. The van der Waals surface area contributed by atoms with Crippen molar-refractivity contribution in [3.63, 3.8) is 0 Å². The van der Waals surface area contributed by atoms with Crippen LogP contribution < -0.4 is 0 Å². The molecule has 0 unspecified atom stereocenters. The van der Waals surface area contributed by atoms with E-state index in [1.165, 1.54) is 6.20 Å². The van der Waals surface area contributed by atoms with Gasteiger partial charge in [0, 0.05) is 22.7 Å². The van der Waals surface area contributed by atoms with E-state index in [2.05, 4.69) is 20.9 Å². The van der Waals surface area contributed by atoms with Crippen LogP contribution in [0.5, 0.6) is 0 Å². The molecule has 0 amide bonds. The molecule has 11 heteroatoms. The van der Waals surface area contributed by atoms with E-state index in [-0.39, 0.29) is 35.1 Å². The number of aromatic nitrogens is 1. The van der Waals surface area contributed by atoms with Crippen molar-refractivity contribution in [2.75, 3.05) is 0 Å². The first-order valence-electron chi connectivity index (χ1n) is 6.73. The minimum atomic E-state index is -2.99. The van der Waals surface area contributed by atoms with Crippen molar-refractivity contribution < 1.29 is 35.1 Å². The van der Waals surface area contributed by atoms with Crippen LogP contribution in [0.3, 0.4) is 0 Å². The molecule has 1 saturated heterocycles. The van der Waals surface area contributed by atoms with Crippen LogP contribution in [0.2, 0.25) is 0 Å². The molecule has 2 heterocycles. The zero-order valence-electron chi connectivity index (χ0n) is 11.8. The number of aliphatic carboxylic acids is 1. The Morgan fingerprint density at radius 2 is 1.88 bits per heavy atom. The van der Waals surface area contributed by atoms with E-state index in [4.69, 9.17) is 16.3 Å². The van der Waals surface area contributed by atoms with Gasteiger partial charge in [0.15, 0.2) is 11.7 Å². The second kappa shape index (κ2) is 6.75. The fraction of sp³-hybridized carbons (Fsp3) is 0.357. The molecule has 6 N–H and O–H groups in total. The Bertz CT molecular complexity index is 813. The molecule has 8 nitrogen and oxygen atoms in total. The molecule has 0 spiro atoms. The van der Waals surface area contributed by atoms with Gasteiger partial charge in [-0.05, 0) is 22.0 Å². The van der Waals surface area contributed by atoms with Gasteiger partial charge in [0.2, 0.25) is 4.51 Å². The van der Waals surface area contributed by atoms with Gasteiger partial charge in [-0.2, -0.15) is 0 Å². The fourth-order valence-electron chi connectivity index (χ4n) is 2.86. The number of hydrogen-bond acceptors (Lipinski definition) is 6. The predicted molar refractivity (Wildman–Crippen MR) is 92.5 cm³/mol. The molecule has 2 aromatic rings. The molecule has 1 aliphatic rings. The molecule has 0 saturated carbocycles. The Morgan fingerprint density at radius 1 is 1.28 bits per heavy atom. The van der Waals surface area contributed by atoms with E-state index in [9.17, 15) is 30.3 Å². The number of aromatic amines is 1. The Balaban J connectivity index is 0.00000225. The number of rotatable bonds is 2. The van der Waals surface area contributed by atoms with Crippen molar-refractivity contribution in [2.45, 2.75) is 27.6 Å². The van der Waals surface area contributed by atoms with Gasteiger partial charge >= 0.3 is 35.5 Å². The van der Waals surface area contributed by atoms with E-state index in [0.717, 1.165) is 0 Å². The number of alkyl halides is 2. The van der Waals surface area contributed by atoms with Gasteiger partial charge in [-0.15, -0.1) is 0 Å². The van der Waals surface area contributed by atoms with Crippen molar-refractivity contribution in [2.24, 2.45) is 0 Å². The number of carbonyl (C=O) groups is 1. The molecule has 5 atom stereocenters. The molecule has 0 radical (unpaired) electrons. The Labute approximate surface area is 176 Å². The van der Waals surface area contributed by atoms with Gasteiger partial charge in [-0.3, -0.25) is 0 Å². The SMILES string of the molecule is O=C(O)[C@H]1O[C@](O)(Cl)[C@@](O)(Br)[C@@H](O)[C@@]1(O)c1c[nH]c2ccccc12.[NaH]. The van der Waals surface area contributed by atoms with E-state index in [1.54, 1.807) is 24.3 Å². The number of benzene rings is 1. The van der Waals surface area contributed by atoms with Gasteiger partial charge in [-0.25, -0.2) is 4.79 Å². The van der Waals surface area contributed by atoms with Crippen LogP contribution in [0.15, 0.2) is 30.5 Å². The summed E-state index contributed by atoms with van der Waals surface area (Å²) < 4.78 is 2.06. The molecule has 1 aliphatic heterocycles. The quantitative estimate of drug-likeness (QED) is 0.270. The third-order valence-electron chi connectivity index (χ3n) is 4.13. The van der Waals surface area contributed by atoms with E-state index in [0.29, 0.717) is 10.9 Å².